The van der Waals surface area contributed by atoms with Crippen LogP contribution in [0.15, 0.2) is 48.7 Å². The fourth-order valence-electron chi connectivity index (χ4n) is 3.04. The lowest BCUT2D eigenvalue weighted by molar-refractivity contribution is 0.102. The average molecular weight is 376 g/mol. The van der Waals surface area contributed by atoms with E-state index in [1.165, 1.54) is 10.3 Å². The van der Waals surface area contributed by atoms with Gasteiger partial charge < -0.3 is 5.32 Å². The van der Waals surface area contributed by atoms with Gasteiger partial charge in [0.05, 0.1) is 22.0 Å². The highest BCUT2D eigenvalue weighted by molar-refractivity contribution is 7.21. The summed E-state index contributed by atoms with van der Waals surface area (Å²) in [4.78, 5) is 17.2. The van der Waals surface area contributed by atoms with Crippen LogP contribution in [-0.2, 0) is 6.54 Å². The molecule has 0 radical (unpaired) electrons. The quantitative estimate of drug-likeness (QED) is 0.542. The molecule has 0 spiro atoms. The van der Waals surface area contributed by atoms with Gasteiger partial charge in [-0.05, 0) is 62.7 Å². The molecule has 4 rings (SSSR count). The van der Waals surface area contributed by atoms with Gasteiger partial charge in [0.2, 0.25) is 0 Å². The Kier molecular flexibility index (Phi) is 4.49. The van der Waals surface area contributed by atoms with E-state index in [1.807, 2.05) is 42.8 Å². The molecular weight excluding hydrogens is 356 g/mol. The van der Waals surface area contributed by atoms with Gasteiger partial charge in [0.25, 0.3) is 5.91 Å². The number of fused-ring (bicyclic) bond motifs is 1. The average Bonchev–Trinajstić information content (AvgIpc) is 3.25. The van der Waals surface area contributed by atoms with Crippen LogP contribution >= 0.6 is 11.3 Å². The molecule has 0 saturated heterocycles. The summed E-state index contributed by atoms with van der Waals surface area (Å²) in [5.74, 6) is -0.143. The molecule has 2 aromatic carbocycles. The third-order valence-electron chi connectivity index (χ3n) is 4.58. The normalized spacial score (nSPS) is 11.1. The number of aryl methyl sites for hydroxylation is 2. The van der Waals surface area contributed by atoms with E-state index in [4.69, 9.17) is 4.98 Å². The second kappa shape index (κ2) is 6.96. The second-order valence-corrected chi connectivity index (χ2v) is 7.51. The van der Waals surface area contributed by atoms with Crippen molar-refractivity contribution < 1.29 is 4.79 Å². The second-order valence-electron chi connectivity index (χ2n) is 6.48. The predicted octanol–water partition coefficient (Wildman–Crippen LogP) is 5.05. The zero-order valence-corrected chi connectivity index (χ0v) is 16.3. The lowest BCUT2D eigenvalue weighted by atomic mass is 10.2. The number of rotatable bonds is 4. The summed E-state index contributed by atoms with van der Waals surface area (Å²) in [5.41, 5.74) is 5.52. The number of carbonyl (C=O) groups is 1. The Labute approximate surface area is 161 Å². The molecule has 136 valence electrons. The minimum Gasteiger partial charge on any atom is -0.322 e. The maximum atomic E-state index is 12.5. The summed E-state index contributed by atoms with van der Waals surface area (Å²) in [6.45, 7) is 6.74. The Hall–Kier alpha value is -2.99. The molecule has 2 heterocycles. The summed E-state index contributed by atoms with van der Waals surface area (Å²) in [6, 6.07) is 14.1. The van der Waals surface area contributed by atoms with Crippen molar-refractivity contribution in [2.45, 2.75) is 27.3 Å². The summed E-state index contributed by atoms with van der Waals surface area (Å²) in [5, 5.41) is 8.15. The van der Waals surface area contributed by atoms with Crippen molar-refractivity contribution in [3.63, 3.8) is 0 Å². The van der Waals surface area contributed by atoms with E-state index < -0.39 is 0 Å². The molecule has 0 saturated carbocycles. The third-order valence-corrected chi connectivity index (χ3v) is 5.65. The number of thiazole rings is 1. The first kappa shape index (κ1) is 17.4. The maximum absolute atomic E-state index is 12.5. The highest BCUT2D eigenvalue weighted by atomic mass is 32.1. The number of nitrogens with zero attached hydrogens (tertiary/aromatic N) is 3. The monoisotopic (exact) mass is 376 g/mol. The molecule has 1 amide bonds. The van der Waals surface area contributed by atoms with Crippen molar-refractivity contribution in [3.8, 4) is 10.6 Å². The molecule has 0 aliphatic carbocycles. The van der Waals surface area contributed by atoms with Crippen LogP contribution in [0.3, 0.4) is 0 Å². The smallest absolute Gasteiger partial charge is 0.259 e. The number of anilines is 1. The van der Waals surface area contributed by atoms with Crippen LogP contribution in [0.1, 0.15) is 28.5 Å². The van der Waals surface area contributed by atoms with E-state index in [0.29, 0.717) is 5.56 Å². The minimum atomic E-state index is -0.143. The number of carbonyl (C=O) groups excluding carboxylic acids is 1. The standard InChI is InChI=1S/C21H20N4OS/c1-4-25-14(3)17(12-22-25)20(26)23-16-8-6-15(7-9-16)21-24-18-10-5-13(2)11-19(18)27-21/h5-12H,4H2,1-3H3,(H,23,26). The van der Waals surface area contributed by atoms with Crippen molar-refractivity contribution in [2.75, 3.05) is 5.32 Å². The third kappa shape index (κ3) is 3.36. The first-order chi connectivity index (χ1) is 13.0. The Bertz CT molecular complexity index is 1130. The molecule has 1 N–H and O–H groups in total. The number of benzene rings is 2. The van der Waals surface area contributed by atoms with Gasteiger partial charge in [-0.3, -0.25) is 9.48 Å². The Morgan fingerprint density at radius 3 is 2.63 bits per heavy atom. The molecule has 27 heavy (non-hydrogen) atoms. The molecular formula is C21H20N4OS. The van der Waals surface area contributed by atoms with Gasteiger partial charge in [0, 0.05) is 23.5 Å². The van der Waals surface area contributed by atoms with Crippen LogP contribution < -0.4 is 5.32 Å². The van der Waals surface area contributed by atoms with Gasteiger partial charge in [0.1, 0.15) is 5.01 Å². The fraction of sp³-hybridized carbons (Fsp3) is 0.190. The van der Waals surface area contributed by atoms with Gasteiger partial charge in [0.15, 0.2) is 0 Å². The summed E-state index contributed by atoms with van der Waals surface area (Å²) < 4.78 is 3.00. The number of aromatic nitrogens is 3. The number of hydrogen-bond acceptors (Lipinski definition) is 4. The Morgan fingerprint density at radius 1 is 1.15 bits per heavy atom. The molecule has 0 aliphatic rings. The molecule has 0 fully saturated rings. The van der Waals surface area contributed by atoms with E-state index >= 15 is 0 Å². The van der Waals surface area contributed by atoms with Crippen LogP contribution in [0.4, 0.5) is 5.69 Å². The molecule has 0 atom stereocenters. The molecule has 2 aromatic heterocycles. The van der Waals surface area contributed by atoms with Crippen molar-refractivity contribution >= 4 is 33.1 Å². The van der Waals surface area contributed by atoms with Gasteiger partial charge in [-0.25, -0.2) is 4.98 Å². The lowest BCUT2D eigenvalue weighted by Crippen LogP contribution is -2.13. The maximum Gasteiger partial charge on any atom is 0.259 e. The first-order valence-electron chi connectivity index (χ1n) is 8.86. The lowest BCUT2D eigenvalue weighted by Gasteiger charge is -2.06. The van der Waals surface area contributed by atoms with Crippen LogP contribution in [0.2, 0.25) is 0 Å². The topological polar surface area (TPSA) is 59.8 Å². The number of nitrogens with one attached hydrogen (secondary N) is 1. The highest BCUT2D eigenvalue weighted by Gasteiger charge is 2.14. The van der Waals surface area contributed by atoms with E-state index in [-0.39, 0.29) is 5.91 Å². The van der Waals surface area contributed by atoms with Gasteiger partial charge in [-0.1, -0.05) is 6.07 Å². The number of hydrogen-bond donors (Lipinski definition) is 1. The highest BCUT2D eigenvalue weighted by Crippen LogP contribution is 2.31. The van der Waals surface area contributed by atoms with Gasteiger partial charge >= 0.3 is 0 Å². The fourth-order valence-corrected chi connectivity index (χ4v) is 4.11. The molecule has 0 aliphatic heterocycles. The minimum absolute atomic E-state index is 0.143. The van der Waals surface area contributed by atoms with E-state index in [9.17, 15) is 4.79 Å². The van der Waals surface area contributed by atoms with Crippen LogP contribution in [0, 0.1) is 13.8 Å². The first-order valence-corrected chi connectivity index (χ1v) is 9.68. The van der Waals surface area contributed by atoms with Crippen LogP contribution in [0.5, 0.6) is 0 Å². The molecule has 6 heteroatoms. The molecule has 5 nitrogen and oxygen atoms in total. The predicted molar refractivity (Wildman–Crippen MR) is 110 cm³/mol. The van der Waals surface area contributed by atoms with Crippen molar-refractivity contribution in [1.82, 2.24) is 14.8 Å². The van der Waals surface area contributed by atoms with E-state index in [1.54, 1.807) is 17.5 Å². The largest absolute Gasteiger partial charge is 0.322 e. The molecule has 4 aromatic rings. The summed E-state index contributed by atoms with van der Waals surface area (Å²) in [6.07, 6.45) is 1.62. The Morgan fingerprint density at radius 2 is 1.93 bits per heavy atom. The zero-order valence-electron chi connectivity index (χ0n) is 15.5. The van der Waals surface area contributed by atoms with Crippen LogP contribution in [0.25, 0.3) is 20.8 Å². The summed E-state index contributed by atoms with van der Waals surface area (Å²) >= 11 is 1.68. The van der Waals surface area contributed by atoms with Crippen molar-refractivity contribution in [2.24, 2.45) is 0 Å². The molecule has 0 bridgehead atoms. The van der Waals surface area contributed by atoms with E-state index in [0.717, 1.165) is 34.0 Å². The molecule has 0 unspecified atom stereocenters. The Balaban J connectivity index is 1.54. The van der Waals surface area contributed by atoms with Crippen LogP contribution in [-0.4, -0.2) is 20.7 Å². The van der Waals surface area contributed by atoms with Crippen molar-refractivity contribution in [1.29, 1.82) is 0 Å². The number of amides is 1. The summed E-state index contributed by atoms with van der Waals surface area (Å²) in [7, 11) is 0. The van der Waals surface area contributed by atoms with Crippen molar-refractivity contribution in [3.05, 3.63) is 65.5 Å². The van der Waals surface area contributed by atoms with E-state index in [2.05, 4.69) is 35.5 Å². The van der Waals surface area contributed by atoms with Gasteiger partial charge in [-0.2, -0.15) is 5.10 Å². The van der Waals surface area contributed by atoms with Gasteiger partial charge in [-0.15, -0.1) is 11.3 Å². The SMILES string of the molecule is CCn1ncc(C(=O)Nc2ccc(-c3nc4ccc(C)cc4s3)cc2)c1C. The zero-order chi connectivity index (χ0) is 19.0.